The lowest BCUT2D eigenvalue weighted by atomic mass is 9.76. The summed E-state index contributed by atoms with van der Waals surface area (Å²) in [6, 6.07) is 3.99. The molecule has 0 spiro atoms. The highest BCUT2D eigenvalue weighted by Crippen LogP contribution is 2.38. The van der Waals surface area contributed by atoms with Crippen molar-refractivity contribution in [1.29, 1.82) is 0 Å². The van der Waals surface area contributed by atoms with Crippen molar-refractivity contribution in [3.05, 3.63) is 41.8 Å². The van der Waals surface area contributed by atoms with Crippen molar-refractivity contribution in [3.8, 4) is 0 Å². The van der Waals surface area contributed by atoms with E-state index in [9.17, 15) is 0 Å². The van der Waals surface area contributed by atoms with Gasteiger partial charge in [0.05, 0.1) is 5.92 Å². The molecule has 2 aromatic rings. The summed E-state index contributed by atoms with van der Waals surface area (Å²) in [6.07, 6.45) is 7.29. The maximum Gasteiger partial charge on any atom is 0.233 e. The van der Waals surface area contributed by atoms with Gasteiger partial charge in [0.1, 0.15) is 0 Å². The molecule has 1 aliphatic carbocycles. The maximum absolute atomic E-state index is 5.52. The first kappa shape index (κ1) is 14.2. The van der Waals surface area contributed by atoms with Crippen molar-refractivity contribution in [2.24, 2.45) is 11.8 Å². The molecule has 1 aliphatic rings. The molecule has 3 atom stereocenters. The van der Waals surface area contributed by atoms with Crippen LogP contribution in [0.3, 0.4) is 0 Å². The van der Waals surface area contributed by atoms with E-state index in [0.29, 0.717) is 11.8 Å². The fourth-order valence-corrected chi connectivity index (χ4v) is 3.52. The third-order valence-corrected chi connectivity index (χ3v) is 4.56. The molecule has 4 heteroatoms. The summed E-state index contributed by atoms with van der Waals surface area (Å²) in [5.41, 5.74) is 1.11. The molecule has 0 N–H and O–H groups in total. The zero-order valence-electron chi connectivity index (χ0n) is 13.0. The maximum atomic E-state index is 5.52. The molecule has 21 heavy (non-hydrogen) atoms. The van der Waals surface area contributed by atoms with E-state index in [4.69, 9.17) is 4.52 Å². The Bertz CT molecular complexity index is 571. The summed E-state index contributed by atoms with van der Waals surface area (Å²) < 4.78 is 5.52. The van der Waals surface area contributed by atoms with Gasteiger partial charge in [-0.3, -0.25) is 4.98 Å². The van der Waals surface area contributed by atoms with Gasteiger partial charge in [0.2, 0.25) is 5.89 Å². The van der Waals surface area contributed by atoms with E-state index in [1.807, 2.05) is 18.3 Å². The molecule has 0 saturated heterocycles. The number of rotatable bonds is 3. The molecule has 2 heterocycles. The minimum atomic E-state index is 0.0957. The minimum Gasteiger partial charge on any atom is -0.339 e. The summed E-state index contributed by atoms with van der Waals surface area (Å²) in [6.45, 7) is 6.73. The van der Waals surface area contributed by atoms with Gasteiger partial charge in [-0.15, -0.1) is 0 Å². The standard InChI is InChI=1S/C17H23N3O/c1-11-7-12(2)9-15(8-11)16-19-17(21-20-16)13(3)14-5-4-6-18-10-14/h4-6,10-13,15H,7-9H2,1-3H3. The van der Waals surface area contributed by atoms with Crippen LogP contribution < -0.4 is 0 Å². The SMILES string of the molecule is CC1CC(C)CC(c2noc(C(C)c3cccnc3)n2)C1. The number of pyridine rings is 1. The molecule has 1 fully saturated rings. The number of nitrogens with zero attached hydrogens (tertiary/aromatic N) is 3. The van der Waals surface area contributed by atoms with E-state index in [1.54, 1.807) is 6.20 Å². The van der Waals surface area contributed by atoms with Gasteiger partial charge in [0, 0.05) is 18.3 Å². The van der Waals surface area contributed by atoms with Crippen molar-refractivity contribution < 1.29 is 4.52 Å². The molecule has 3 rings (SSSR count). The molecule has 0 amide bonds. The summed E-state index contributed by atoms with van der Waals surface area (Å²) in [5.74, 6) is 3.62. The Hall–Kier alpha value is -1.71. The van der Waals surface area contributed by atoms with E-state index in [1.165, 1.54) is 19.3 Å². The predicted molar refractivity (Wildman–Crippen MR) is 81.0 cm³/mol. The van der Waals surface area contributed by atoms with Crippen LogP contribution in [0.15, 0.2) is 29.0 Å². The topological polar surface area (TPSA) is 51.8 Å². The molecule has 1 saturated carbocycles. The second kappa shape index (κ2) is 5.96. The van der Waals surface area contributed by atoms with Crippen molar-refractivity contribution >= 4 is 0 Å². The monoisotopic (exact) mass is 285 g/mol. The quantitative estimate of drug-likeness (QED) is 0.849. The average molecular weight is 285 g/mol. The summed E-state index contributed by atoms with van der Waals surface area (Å²) >= 11 is 0. The molecule has 0 aromatic carbocycles. The molecular weight excluding hydrogens is 262 g/mol. The van der Waals surface area contributed by atoms with Crippen LogP contribution in [0.5, 0.6) is 0 Å². The first-order valence-electron chi connectivity index (χ1n) is 7.87. The summed E-state index contributed by atoms with van der Waals surface area (Å²) in [4.78, 5) is 8.83. The van der Waals surface area contributed by atoms with Crippen LogP contribution in [-0.2, 0) is 0 Å². The van der Waals surface area contributed by atoms with E-state index >= 15 is 0 Å². The number of hydrogen-bond acceptors (Lipinski definition) is 4. The van der Waals surface area contributed by atoms with Crippen LogP contribution in [0.2, 0.25) is 0 Å². The summed E-state index contributed by atoms with van der Waals surface area (Å²) in [7, 11) is 0. The lowest BCUT2D eigenvalue weighted by molar-refractivity contribution is 0.257. The third-order valence-electron chi connectivity index (χ3n) is 4.56. The second-order valence-corrected chi connectivity index (χ2v) is 6.61. The highest BCUT2D eigenvalue weighted by molar-refractivity contribution is 5.20. The molecule has 0 aliphatic heterocycles. The Morgan fingerprint density at radius 2 is 1.95 bits per heavy atom. The normalized spacial score (nSPS) is 27.5. The molecule has 4 nitrogen and oxygen atoms in total. The highest BCUT2D eigenvalue weighted by atomic mass is 16.5. The van der Waals surface area contributed by atoms with Crippen LogP contribution in [0.25, 0.3) is 0 Å². The van der Waals surface area contributed by atoms with E-state index in [-0.39, 0.29) is 5.92 Å². The van der Waals surface area contributed by atoms with Crippen LogP contribution >= 0.6 is 0 Å². The van der Waals surface area contributed by atoms with Gasteiger partial charge in [-0.25, -0.2) is 0 Å². The Balaban J connectivity index is 1.77. The molecule has 2 aromatic heterocycles. The van der Waals surface area contributed by atoms with Crippen LogP contribution in [-0.4, -0.2) is 15.1 Å². The van der Waals surface area contributed by atoms with Gasteiger partial charge in [-0.05, 0) is 49.7 Å². The van der Waals surface area contributed by atoms with E-state index < -0.39 is 0 Å². The average Bonchev–Trinajstić information content (AvgIpc) is 2.96. The largest absolute Gasteiger partial charge is 0.339 e. The smallest absolute Gasteiger partial charge is 0.233 e. The lowest BCUT2D eigenvalue weighted by Gasteiger charge is -2.29. The van der Waals surface area contributed by atoms with E-state index in [2.05, 4.69) is 35.9 Å². The van der Waals surface area contributed by atoms with Gasteiger partial charge < -0.3 is 4.52 Å². The van der Waals surface area contributed by atoms with Gasteiger partial charge in [-0.2, -0.15) is 4.98 Å². The molecule has 0 radical (unpaired) electrons. The molecular formula is C17H23N3O. The Morgan fingerprint density at radius 3 is 2.62 bits per heavy atom. The Kier molecular flexibility index (Phi) is 4.04. The van der Waals surface area contributed by atoms with Crippen molar-refractivity contribution in [1.82, 2.24) is 15.1 Å². The first-order valence-corrected chi connectivity index (χ1v) is 7.87. The Labute approximate surface area is 126 Å². The third kappa shape index (κ3) is 3.14. The second-order valence-electron chi connectivity index (χ2n) is 6.61. The van der Waals surface area contributed by atoms with Gasteiger partial charge in [-0.1, -0.05) is 25.1 Å². The fourth-order valence-electron chi connectivity index (χ4n) is 3.52. The Morgan fingerprint density at radius 1 is 1.19 bits per heavy atom. The van der Waals surface area contributed by atoms with Crippen LogP contribution in [0.4, 0.5) is 0 Å². The summed E-state index contributed by atoms with van der Waals surface area (Å²) in [5, 5.41) is 4.25. The molecule has 0 bridgehead atoms. The van der Waals surface area contributed by atoms with Crippen molar-refractivity contribution in [2.45, 2.75) is 51.9 Å². The molecule has 3 unspecified atom stereocenters. The predicted octanol–water partition coefficient (Wildman–Crippen LogP) is 4.16. The zero-order chi connectivity index (χ0) is 14.8. The zero-order valence-corrected chi connectivity index (χ0v) is 13.0. The van der Waals surface area contributed by atoms with Crippen LogP contribution in [0.1, 0.15) is 69.1 Å². The first-order chi connectivity index (χ1) is 10.1. The van der Waals surface area contributed by atoms with Gasteiger partial charge in [0.25, 0.3) is 0 Å². The minimum absolute atomic E-state index is 0.0957. The van der Waals surface area contributed by atoms with Gasteiger partial charge >= 0.3 is 0 Å². The van der Waals surface area contributed by atoms with Crippen molar-refractivity contribution in [2.75, 3.05) is 0 Å². The fraction of sp³-hybridized carbons (Fsp3) is 0.588. The number of hydrogen-bond donors (Lipinski definition) is 0. The van der Waals surface area contributed by atoms with E-state index in [0.717, 1.165) is 23.2 Å². The van der Waals surface area contributed by atoms with Crippen LogP contribution in [0, 0.1) is 11.8 Å². The highest BCUT2D eigenvalue weighted by Gasteiger charge is 2.29. The molecule has 112 valence electrons. The van der Waals surface area contributed by atoms with Gasteiger partial charge in [0.15, 0.2) is 5.82 Å². The lowest BCUT2D eigenvalue weighted by Crippen LogP contribution is -2.19. The number of aromatic nitrogens is 3. The van der Waals surface area contributed by atoms with Crippen molar-refractivity contribution in [3.63, 3.8) is 0 Å².